The molecule has 1 aliphatic rings. The van der Waals surface area contributed by atoms with Gasteiger partial charge in [-0.1, -0.05) is 42.5 Å². The van der Waals surface area contributed by atoms with E-state index in [-0.39, 0.29) is 0 Å². The molecule has 3 rings (SSSR count). The van der Waals surface area contributed by atoms with Crippen molar-refractivity contribution < 1.29 is 9.90 Å². The summed E-state index contributed by atoms with van der Waals surface area (Å²) in [5.41, 5.74) is 7.55. The van der Waals surface area contributed by atoms with Gasteiger partial charge in [-0.3, -0.25) is 4.79 Å². The topological polar surface area (TPSA) is 61.7 Å². The predicted molar refractivity (Wildman–Crippen MR) is 94.8 cm³/mol. The number of nitrogens with one attached hydrogen (secondary N) is 1. The van der Waals surface area contributed by atoms with Gasteiger partial charge in [-0.05, 0) is 60.9 Å². The van der Waals surface area contributed by atoms with Crippen LogP contribution in [0, 0.1) is 0 Å². The number of fused-ring (bicyclic) bond motifs is 1. The van der Waals surface area contributed by atoms with Crippen molar-refractivity contribution in [2.75, 3.05) is 0 Å². The Bertz CT molecular complexity index is 753. The number of rotatable bonds is 4. The fraction of sp³-hybridized carbons (Fsp3) is 0.300. The molecule has 24 heavy (non-hydrogen) atoms. The number of aryl methyl sites for hydroxylation is 2. The van der Waals surface area contributed by atoms with Gasteiger partial charge >= 0.3 is 0 Å². The molecule has 124 valence electrons. The van der Waals surface area contributed by atoms with Crippen LogP contribution >= 0.6 is 0 Å². The van der Waals surface area contributed by atoms with Crippen LogP contribution in [0.4, 0.5) is 0 Å². The zero-order valence-corrected chi connectivity index (χ0v) is 13.8. The van der Waals surface area contributed by atoms with Gasteiger partial charge in [0.15, 0.2) is 6.10 Å². The minimum atomic E-state index is -1.22. The van der Waals surface area contributed by atoms with E-state index < -0.39 is 12.0 Å². The van der Waals surface area contributed by atoms with Crippen LogP contribution in [0.2, 0.25) is 0 Å². The van der Waals surface area contributed by atoms with Crippen LogP contribution in [0.1, 0.15) is 48.1 Å². The molecule has 0 aliphatic heterocycles. The lowest BCUT2D eigenvalue weighted by Crippen LogP contribution is -2.26. The third-order valence-electron chi connectivity index (χ3n) is 4.46. The van der Waals surface area contributed by atoms with Crippen molar-refractivity contribution in [3.05, 3.63) is 70.8 Å². The summed E-state index contributed by atoms with van der Waals surface area (Å²) in [5.74, 6) is -0.529. The van der Waals surface area contributed by atoms with Gasteiger partial charge in [0.25, 0.3) is 5.91 Å². The monoisotopic (exact) mass is 322 g/mol. The van der Waals surface area contributed by atoms with Gasteiger partial charge in [-0.25, -0.2) is 5.43 Å². The average Bonchev–Trinajstić information content (AvgIpc) is 2.65. The molecule has 2 N–H and O–H groups in total. The fourth-order valence-electron chi connectivity index (χ4n) is 3.01. The third-order valence-corrected chi connectivity index (χ3v) is 4.46. The Hall–Kier alpha value is -2.46. The van der Waals surface area contributed by atoms with E-state index in [0.29, 0.717) is 5.56 Å². The molecule has 1 amide bonds. The molecule has 0 fully saturated rings. The highest BCUT2D eigenvalue weighted by atomic mass is 16.3. The molecule has 0 spiro atoms. The molecule has 0 radical (unpaired) electrons. The summed E-state index contributed by atoms with van der Waals surface area (Å²) < 4.78 is 0. The Kier molecular flexibility index (Phi) is 5.06. The van der Waals surface area contributed by atoms with E-state index in [9.17, 15) is 9.90 Å². The molecular formula is C20H22N2O2. The maximum atomic E-state index is 12.0. The molecule has 0 bridgehead atoms. The molecule has 0 saturated carbocycles. The molecule has 0 saturated heterocycles. The SMILES string of the molecule is CC(=NNC(=O)[C@H](O)c1ccccc1)c1ccc2c(c1)CCCC2. The summed E-state index contributed by atoms with van der Waals surface area (Å²) >= 11 is 0. The molecule has 4 heteroatoms. The van der Waals surface area contributed by atoms with Crippen LogP contribution in [0.25, 0.3) is 0 Å². The summed E-state index contributed by atoms with van der Waals surface area (Å²) in [6.07, 6.45) is 3.52. The third kappa shape index (κ3) is 3.71. The fourth-order valence-corrected chi connectivity index (χ4v) is 3.01. The minimum Gasteiger partial charge on any atom is -0.378 e. The zero-order chi connectivity index (χ0) is 16.9. The van der Waals surface area contributed by atoms with Crippen molar-refractivity contribution >= 4 is 11.6 Å². The number of carbonyl (C=O) groups excluding carboxylic acids is 1. The average molecular weight is 322 g/mol. The van der Waals surface area contributed by atoms with E-state index in [1.54, 1.807) is 24.3 Å². The largest absolute Gasteiger partial charge is 0.378 e. The number of nitrogens with zero attached hydrogens (tertiary/aromatic N) is 1. The second kappa shape index (κ2) is 7.41. The normalized spacial score (nSPS) is 15.5. The van der Waals surface area contributed by atoms with Gasteiger partial charge in [0.05, 0.1) is 5.71 Å². The Morgan fingerprint density at radius 1 is 1.08 bits per heavy atom. The second-order valence-corrected chi connectivity index (χ2v) is 6.18. The van der Waals surface area contributed by atoms with Crippen LogP contribution in [0.5, 0.6) is 0 Å². The minimum absolute atomic E-state index is 0.529. The van der Waals surface area contributed by atoms with Crippen molar-refractivity contribution in [1.29, 1.82) is 0 Å². The first-order valence-corrected chi connectivity index (χ1v) is 8.34. The molecule has 2 aromatic carbocycles. The lowest BCUT2D eigenvalue weighted by molar-refractivity contribution is -0.129. The van der Waals surface area contributed by atoms with Gasteiger partial charge in [-0.2, -0.15) is 5.10 Å². The number of carbonyl (C=O) groups is 1. The number of benzene rings is 2. The zero-order valence-electron chi connectivity index (χ0n) is 13.8. The van der Waals surface area contributed by atoms with Crippen LogP contribution in [0.3, 0.4) is 0 Å². The first kappa shape index (κ1) is 16.4. The van der Waals surface area contributed by atoms with E-state index in [4.69, 9.17) is 0 Å². The molecule has 4 nitrogen and oxygen atoms in total. The summed E-state index contributed by atoms with van der Waals surface area (Å²) in [7, 11) is 0. The van der Waals surface area contributed by atoms with Crippen molar-refractivity contribution in [2.24, 2.45) is 5.10 Å². The standard InChI is InChI=1S/C20H22N2O2/c1-14(17-12-11-15-7-5-6-10-18(15)13-17)21-22-20(24)19(23)16-8-3-2-4-9-16/h2-4,8-9,11-13,19,23H,5-7,10H2,1H3,(H,22,24)/t19-/m1/s1. The van der Waals surface area contributed by atoms with Crippen LogP contribution in [0.15, 0.2) is 53.6 Å². The highest BCUT2D eigenvalue weighted by Crippen LogP contribution is 2.22. The number of hydrazone groups is 1. The maximum absolute atomic E-state index is 12.0. The maximum Gasteiger partial charge on any atom is 0.273 e. The quantitative estimate of drug-likeness (QED) is 0.671. The van der Waals surface area contributed by atoms with Crippen molar-refractivity contribution in [3.8, 4) is 0 Å². The van der Waals surface area contributed by atoms with Crippen molar-refractivity contribution in [3.63, 3.8) is 0 Å². The summed E-state index contributed by atoms with van der Waals surface area (Å²) in [6, 6.07) is 15.2. The Morgan fingerprint density at radius 2 is 1.79 bits per heavy atom. The summed E-state index contributed by atoms with van der Waals surface area (Å²) in [6.45, 7) is 1.86. The first-order chi connectivity index (χ1) is 11.6. The van der Waals surface area contributed by atoms with E-state index in [1.165, 1.54) is 24.0 Å². The molecule has 2 aromatic rings. The molecular weight excluding hydrogens is 300 g/mol. The lowest BCUT2D eigenvalue weighted by Gasteiger charge is -2.16. The Labute approximate surface area is 142 Å². The lowest BCUT2D eigenvalue weighted by atomic mass is 9.90. The molecule has 0 heterocycles. The number of hydrogen-bond acceptors (Lipinski definition) is 3. The number of aliphatic hydroxyl groups excluding tert-OH is 1. The van der Waals surface area contributed by atoms with Gasteiger partial charge in [0.1, 0.15) is 0 Å². The van der Waals surface area contributed by atoms with Crippen molar-refractivity contribution in [1.82, 2.24) is 5.43 Å². The second-order valence-electron chi connectivity index (χ2n) is 6.18. The molecule has 1 atom stereocenters. The Balaban J connectivity index is 1.69. The highest BCUT2D eigenvalue weighted by molar-refractivity contribution is 5.99. The molecule has 1 aliphatic carbocycles. The van der Waals surface area contributed by atoms with Crippen LogP contribution < -0.4 is 5.43 Å². The molecule has 0 unspecified atom stereocenters. The van der Waals surface area contributed by atoms with E-state index in [0.717, 1.165) is 24.1 Å². The van der Waals surface area contributed by atoms with Crippen LogP contribution in [-0.4, -0.2) is 16.7 Å². The van der Waals surface area contributed by atoms with E-state index in [2.05, 4.69) is 22.7 Å². The first-order valence-electron chi connectivity index (χ1n) is 8.34. The number of aliphatic hydroxyl groups is 1. The summed E-state index contributed by atoms with van der Waals surface area (Å²) in [5, 5.41) is 14.2. The predicted octanol–water partition coefficient (Wildman–Crippen LogP) is 3.14. The smallest absolute Gasteiger partial charge is 0.273 e. The van der Waals surface area contributed by atoms with Gasteiger partial charge < -0.3 is 5.11 Å². The van der Waals surface area contributed by atoms with Crippen molar-refractivity contribution in [2.45, 2.75) is 38.7 Å². The van der Waals surface area contributed by atoms with Crippen LogP contribution in [-0.2, 0) is 17.6 Å². The van der Waals surface area contributed by atoms with E-state index >= 15 is 0 Å². The highest BCUT2D eigenvalue weighted by Gasteiger charge is 2.16. The number of hydrogen-bond donors (Lipinski definition) is 2. The summed E-state index contributed by atoms with van der Waals surface area (Å²) in [4.78, 5) is 12.0. The number of amides is 1. The van der Waals surface area contributed by atoms with Gasteiger partial charge in [0.2, 0.25) is 0 Å². The van der Waals surface area contributed by atoms with Gasteiger partial charge in [-0.15, -0.1) is 0 Å². The van der Waals surface area contributed by atoms with E-state index in [1.807, 2.05) is 19.1 Å². The van der Waals surface area contributed by atoms with Gasteiger partial charge in [0, 0.05) is 0 Å². The molecule has 0 aromatic heterocycles. The Morgan fingerprint density at radius 3 is 2.54 bits per heavy atom.